The first kappa shape index (κ1) is 11.6. The lowest BCUT2D eigenvalue weighted by Gasteiger charge is -2.21. The standard InChI is InChI=1S/C14H21NO/c15-9-8-13(14-7-4-10-16-14)11-12-5-2-1-3-6-12/h1-3,5-6,13-14H,4,7-11,15H2/p+1/t13-,14+/m1/s1. The third-order valence-corrected chi connectivity index (χ3v) is 3.41. The number of hydrogen-bond acceptors (Lipinski definition) is 1. The van der Waals surface area contributed by atoms with Gasteiger partial charge in [-0.15, -0.1) is 0 Å². The van der Waals surface area contributed by atoms with Gasteiger partial charge in [-0.2, -0.15) is 0 Å². The van der Waals surface area contributed by atoms with Crippen LogP contribution in [0.2, 0.25) is 0 Å². The van der Waals surface area contributed by atoms with E-state index in [9.17, 15) is 0 Å². The molecule has 16 heavy (non-hydrogen) atoms. The molecule has 88 valence electrons. The van der Waals surface area contributed by atoms with E-state index in [0.29, 0.717) is 12.0 Å². The molecule has 1 heterocycles. The molecular formula is C14H22NO+. The van der Waals surface area contributed by atoms with Crippen molar-refractivity contribution >= 4 is 0 Å². The molecule has 2 rings (SSSR count). The Hall–Kier alpha value is -0.860. The van der Waals surface area contributed by atoms with Gasteiger partial charge in [0.05, 0.1) is 12.6 Å². The minimum atomic E-state index is 0.474. The summed E-state index contributed by atoms with van der Waals surface area (Å²) < 4.78 is 5.81. The van der Waals surface area contributed by atoms with Crippen LogP contribution in [0.4, 0.5) is 0 Å². The molecule has 2 atom stereocenters. The van der Waals surface area contributed by atoms with Crippen LogP contribution in [0.3, 0.4) is 0 Å². The molecule has 0 amide bonds. The van der Waals surface area contributed by atoms with E-state index in [1.54, 1.807) is 0 Å². The van der Waals surface area contributed by atoms with Crippen molar-refractivity contribution in [2.75, 3.05) is 13.2 Å². The van der Waals surface area contributed by atoms with Crippen molar-refractivity contribution in [3.05, 3.63) is 35.9 Å². The number of ether oxygens (including phenoxy) is 1. The monoisotopic (exact) mass is 220 g/mol. The zero-order valence-corrected chi connectivity index (χ0v) is 9.90. The smallest absolute Gasteiger partial charge is 0.0743 e. The minimum Gasteiger partial charge on any atom is -0.378 e. The first-order chi connectivity index (χ1) is 7.90. The molecule has 2 nitrogen and oxygen atoms in total. The van der Waals surface area contributed by atoms with E-state index in [1.807, 2.05) is 0 Å². The lowest BCUT2D eigenvalue weighted by Crippen LogP contribution is -2.51. The highest BCUT2D eigenvalue weighted by molar-refractivity contribution is 5.15. The summed E-state index contributed by atoms with van der Waals surface area (Å²) in [5.41, 5.74) is 5.41. The summed E-state index contributed by atoms with van der Waals surface area (Å²) in [4.78, 5) is 0. The Bertz CT molecular complexity index is 293. The maximum Gasteiger partial charge on any atom is 0.0743 e. The molecule has 0 bridgehead atoms. The molecule has 1 aromatic carbocycles. The van der Waals surface area contributed by atoms with Crippen LogP contribution in [-0.4, -0.2) is 19.3 Å². The molecular weight excluding hydrogens is 198 g/mol. The second kappa shape index (κ2) is 6.02. The predicted molar refractivity (Wildman–Crippen MR) is 65.0 cm³/mol. The first-order valence-corrected chi connectivity index (χ1v) is 6.35. The van der Waals surface area contributed by atoms with Gasteiger partial charge in [0.1, 0.15) is 0 Å². The van der Waals surface area contributed by atoms with Gasteiger partial charge in [-0.1, -0.05) is 30.3 Å². The number of hydrogen-bond donors (Lipinski definition) is 1. The van der Waals surface area contributed by atoms with E-state index in [0.717, 1.165) is 19.6 Å². The Morgan fingerprint density at radius 2 is 2.12 bits per heavy atom. The number of quaternary nitrogens is 1. The molecule has 0 radical (unpaired) electrons. The quantitative estimate of drug-likeness (QED) is 0.805. The Morgan fingerprint density at radius 3 is 2.75 bits per heavy atom. The highest BCUT2D eigenvalue weighted by Crippen LogP contribution is 2.25. The van der Waals surface area contributed by atoms with Crippen molar-refractivity contribution in [1.29, 1.82) is 0 Å². The van der Waals surface area contributed by atoms with E-state index in [4.69, 9.17) is 4.74 Å². The van der Waals surface area contributed by atoms with Gasteiger partial charge in [-0.3, -0.25) is 0 Å². The third kappa shape index (κ3) is 3.06. The molecule has 1 aliphatic heterocycles. The molecule has 0 unspecified atom stereocenters. The minimum absolute atomic E-state index is 0.474. The van der Waals surface area contributed by atoms with Crippen LogP contribution in [-0.2, 0) is 11.2 Å². The fourth-order valence-corrected chi connectivity index (χ4v) is 2.57. The summed E-state index contributed by atoms with van der Waals surface area (Å²) in [6, 6.07) is 10.7. The summed E-state index contributed by atoms with van der Waals surface area (Å²) in [5.74, 6) is 0.655. The average molecular weight is 220 g/mol. The van der Waals surface area contributed by atoms with Gasteiger partial charge in [-0.05, 0) is 30.7 Å². The predicted octanol–water partition coefficient (Wildman–Crippen LogP) is 1.66. The van der Waals surface area contributed by atoms with Crippen LogP contribution in [0, 0.1) is 5.92 Å². The number of benzene rings is 1. The zero-order chi connectivity index (χ0) is 11.2. The average Bonchev–Trinajstić information content (AvgIpc) is 2.83. The van der Waals surface area contributed by atoms with Crippen molar-refractivity contribution in [3.63, 3.8) is 0 Å². The van der Waals surface area contributed by atoms with Crippen LogP contribution < -0.4 is 5.73 Å². The van der Waals surface area contributed by atoms with Crippen LogP contribution >= 0.6 is 0 Å². The van der Waals surface area contributed by atoms with Gasteiger partial charge in [0, 0.05) is 13.0 Å². The lowest BCUT2D eigenvalue weighted by molar-refractivity contribution is -0.371. The largest absolute Gasteiger partial charge is 0.378 e. The van der Waals surface area contributed by atoms with Crippen molar-refractivity contribution in [1.82, 2.24) is 0 Å². The molecule has 0 saturated carbocycles. The van der Waals surface area contributed by atoms with E-state index in [2.05, 4.69) is 36.1 Å². The normalized spacial score (nSPS) is 22.2. The first-order valence-electron chi connectivity index (χ1n) is 6.35. The van der Waals surface area contributed by atoms with Crippen molar-refractivity contribution < 1.29 is 10.5 Å². The fraction of sp³-hybridized carbons (Fsp3) is 0.571. The number of rotatable bonds is 5. The van der Waals surface area contributed by atoms with E-state index in [1.165, 1.54) is 24.8 Å². The van der Waals surface area contributed by atoms with Gasteiger partial charge in [0.2, 0.25) is 0 Å². The van der Waals surface area contributed by atoms with Gasteiger partial charge >= 0.3 is 0 Å². The molecule has 0 aliphatic carbocycles. The highest BCUT2D eigenvalue weighted by atomic mass is 16.5. The SMILES string of the molecule is [NH3+]CC[C@H](Cc1ccccc1)[C@@H]1CCCO1. The third-order valence-electron chi connectivity index (χ3n) is 3.41. The maximum atomic E-state index is 5.81. The maximum absolute atomic E-state index is 5.81. The highest BCUT2D eigenvalue weighted by Gasteiger charge is 2.25. The van der Waals surface area contributed by atoms with Gasteiger partial charge < -0.3 is 10.5 Å². The van der Waals surface area contributed by atoms with Crippen molar-refractivity contribution in [3.8, 4) is 0 Å². The summed E-state index contributed by atoms with van der Waals surface area (Å²) in [6.45, 7) is 1.96. The Morgan fingerprint density at radius 1 is 1.31 bits per heavy atom. The Balaban J connectivity index is 1.96. The second-order valence-electron chi connectivity index (χ2n) is 4.64. The van der Waals surface area contributed by atoms with Gasteiger partial charge in [0.15, 0.2) is 0 Å². The van der Waals surface area contributed by atoms with Crippen molar-refractivity contribution in [2.45, 2.75) is 31.8 Å². The lowest BCUT2D eigenvalue weighted by atomic mass is 9.90. The van der Waals surface area contributed by atoms with E-state index < -0.39 is 0 Å². The second-order valence-corrected chi connectivity index (χ2v) is 4.64. The van der Waals surface area contributed by atoms with E-state index in [-0.39, 0.29) is 0 Å². The zero-order valence-electron chi connectivity index (χ0n) is 9.90. The molecule has 2 heteroatoms. The Labute approximate surface area is 97.8 Å². The van der Waals surface area contributed by atoms with Crippen LogP contribution in [0.5, 0.6) is 0 Å². The molecule has 0 aromatic heterocycles. The fourth-order valence-electron chi connectivity index (χ4n) is 2.57. The molecule has 3 N–H and O–H groups in total. The summed E-state index contributed by atoms with van der Waals surface area (Å²) in [6.07, 6.45) is 5.26. The summed E-state index contributed by atoms with van der Waals surface area (Å²) in [5, 5.41) is 0. The van der Waals surface area contributed by atoms with Gasteiger partial charge in [-0.25, -0.2) is 0 Å². The van der Waals surface area contributed by atoms with E-state index >= 15 is 0 Å². The van der Waals surface area contributed by atoms with Crippen LogP contribution in [0.25, 0.3) is 0 Å². The summed E-state index contributed by atoms with van der Waals surface area (Å²) >= 11 is 0. The molecule has 1 aromatic rings. The Kier molecular flexibility index (Phi) is 4.37. The van der Waals surface area contributed by atoms with Gasteiger partial charge in [0.25, 0.3) is 0 Å². The van der Waals surface area contributed by atoms with Crippen molar-refractivity contribution in [2.24, 2.45) is 5.92 Å². The summed E-state index contributed by atoms with van der Waals surface area (Å²) in [7, 11) is 0. The molecule has 1 aliphatic rings. The molecule has 1 saturated heterocycles. The van der Waals surface area contributed by atoms with Crippen LogP contribution in [0.15, 0.2) is 30.3 Å². The van der Waals surface area contributed by atoms with Crippen LogP contribution in [0.1, 0.15) is 24.8 Å². The molecule has 0 spiro atoms. The topological polar surface area (TPSA) is 36.9 Å². The molecule has 1 fully saturated rings.